The van der Waals surface area contributed by atoms with Gasteiger partial charge in [0, 0.05) is 50.5 Å². The summed E-state index contributed by atoms with van der Waals surface area (Å²) in [6, 6.07) is 0.652. The Labute approximate surface area is 154 Å². The van der Waals surface area contributed by atoms with Gasteiger partial charge in [-0.05, 0) is 32.1 Å². The van der Waals surface area contributed by atoms with E-state index in [-0.39, 0.29) is 17.4 Å². The number of amides is 1. The van der Waals surface area contributed by atoms with E-state index in [2.05, 4.69) is 9.88 Å². The number of carbonyl (C=O) groups excluding carboxylic acids is 1. The summed E-state index contributed by atoms with van der Waals surface area (Å²) in [6.07, 6.45) is 9.06. The largest absolute Gasteiger partial charge is 0.342 e. The average molecular weight is 356 g/mol. The van der Waals surface area contributed by atoms with E-state index in [4.69, 9.17) is 4.98 Å². The van der Waals surface area contributed by atoms with Gasteiger partial charge in [-0.1, -0.05) is 12.8 Å². The second kappa shape index (κ2) is 6.48. The smallest absolute Gasteiger partial charge is 0.255 e. The first-order valence-corrected chi connectivity index (χ1v) is 10.3. The van der Waals surface area contributed by atoms with Gasteiger partial charge >= 0.3 is 0 Å². The molecule has 0 spiro atoms. The molecule has 2 aliphatic carbocycles. The molecule has 140 valence electrons. The first kappa shape index (κ1) is 16.5. The van der Waals surface area contributed by atoms with Crippen molar-refractivity contribution in [2.24, 2.45) is 5.92 Å². The van der Waals surface area contributed by atoms with Crippen molar-refractivity contribution in [2.75, 3.05) is 19.6 Å². The lowest BCUT2D eigenvalue weighted by Gasteiger charge is -2.32. The Kier molecular flexibility index (Phi) is 4.11. The van der Waals surface area contributed by atoms with Crippen LogP contribution in [0.25, 0.3) is 0 Å². The number of H-pyrrole nitrogens is 1. The number of fused-ring (bicyclic) bond motifs is 1. The SMILES string of the molecule is O=C(C1CC1)N1CC[C@H](c2nc3c(c(=O)[nH]2)CN(C2CCCC2)CC3)C1. The van der Waals surface area contributed by atoms with Crippen molar-refractivity contribution in [3.63, 3.8) is 0 Å². The van der Waals surface area contributed by atoms with Gasteiger partial charge in [-0.25, -0.2) is 4.98 Å². The highest BCUT2D eigenvalue weighted by atomic mass is 16.2. The lowest BCUT2D eigenvalue weighted by atomic mass is 10.0. The van der Waals surface area contributed by atoms with Crippen LogP contribution in [0.3, 0.4) is 0 Å². The molecule has 6 nitrogen and oxygen atoms in total. The van der Waals surface area contributed by atoms with Crippen molar-refractivity contribution >= 4 is 5.91 Å². The molecule has 2 aliphatic heterocycles. The summed E-state index contributed by atoms with van der Waals surface area (Å²) >= 11 is 0. The maximum Gasteiger partial charge on any atom is 0.255 e. The Morgan fingerprint density at radius 1 is 1.08 bits per heavy atom. The molecule has 0 aromatic carbocycles. The summed E-state index contributed by atoms with van der Waals surface area (Å²) in [5.74, 6) is 1.56. The van der Waals surface area contributed by atoms with Gasteiger partial charge in [0.2, 0.25) is 5.91 Å². The van der Waals surface area contributed by atoms with Gasteiger partial charge in [0.05, 0.1) is 11.3 Å². The number of carbonyl (C=O) groups is 1. The highest BCUT2D eigenvalue weighted by Gasteiger charge is 2.38. The van der Waals surface area contributed by atoms with Gasteiger partial charge in [0.25, 0.3) is 5.56 Å². The van der Waals surface area contributed by atoms with Crippen LogP contribution in [0, 0.1) is 5.92 Å². The summed E-state index contributed by atoms with van der Waals surface area (Å²) in [4.78, 5) is 37.4. The Hall–Kier alpha value is -1.69. The number of aromatic amines is 1. The van der Waals surface area contributed by atoms with E-state index in [0.29, 0.717) is 18.5 Å². The summed E-state index contributed by atoms with van der Waals surface area (Å²) in [6.45, 7) is 3.28. The van der Waals surface area contributed by atoms with Crippen molar-refractivity contribution in [1.82, 2.24) is 19.8 Å². The van der Waals surface area contributed by atoms with Crippen LogP contribution in [0.5, 0.6) is 0 Å². The van der Waals surface area contributed by atoms with Crippen LogP contribution in [-0.4, -0.2) is 51.4 Å². The van der Waals surface area contributed by atoms with E-state index in [1.165, 1.54) is 25.7 Å². The van der Waals surface area contributed by atoms with E-state index in [1.807, 2.05) is 4.90 Å². The number of aromatic nitrogens is 2. The molecule has 26 heavy (non-hydrogen) atoms. The molecule has 1 aromatic heterocycles. The van der Waals surface area contributed by atoms with Crippen LogP contribution in [0.2, 0.25) is 0 Å². The maximum absolute atomic E-state index is 12.7. The van der Waals surface area contributed by atoms with Crippen LogP contribution in [0.1, 0.15) is 67.9 Å². The van der Waals surface area contributed by atoms with E-state index in [1.54, 1.807) is 0 Å². The topological polar surface area (TPSA) is 69.3 Å². The third-order valence-electron chi connectivity index (χ3n) is 6.77. The molecule has 1 amide bonds. The zero-order chi connectivity index (χ0) is 17.7. The molecule has 3 fully saturated rings. The Morgan fingerprint density at radius 3 is 2.65 bits per heavy atom. The number of nitrogens with zero attached hydrogens (tertiary/aromatic N) is 3. The molecule has 0 radical (unpaired) electrons. The van der Waals surface area contributed by atoms with E-state index in [0.717, 1.165) is 62.4 Å². The van der Waals surface area contributed by atoms with Gasteiger partial charge in [-0.15, -0.1) is 0 Å². The minimum absolute atomic E-state index is 0.0414. The van der Waals surface area contributed by atoms with Gasteiger partial charge in [-0.2, -0.15) is 0 Å². The molecule has 1 atom stereocenters. The highest BCUT2D eigenvalue weighted by molar-refractivity contribution is 5.81. The minimum atomic E-state index is 0.0414. The molecular formula is C20H28N4O2. The molecule has 1 saturated heterocycles. The second-order valence-electron chi connectivity index (χ2n) is 8.58. The fourth-order valence-electron chi connectivity index (χ4n) is 5.01. The number of rotatable bonds is 3. The maximum atomic E-state index is 12.7. The predicted octanol–water partition coefficient (Wildman–Crippen LogP) is 1.80. The summed E-state index contributed by atoms with van der Waals surface area (Å²) in [5, 5.41) is 0. The number of hydrogen-bond donors (Lipinski definition) is 1. The quantitative estimate of drug-likeness (QED) is 0.897. The molecule has 3 heterocycles. The highest BCUT2D eigenvalue weighted by Crippen LogP contribution is 2.34. The van der Waals surface area contributed by atoms with E-state index < -0.39 is 0 Å². The summed E-state index contributed by atoms with van der Waals surface area (Å²) in [7, 11) is 0. The van der Waals surface area contributed by atoms with Crippen molar-refractivity contribution < 1.29 is 4.79 Å². The monoisotopic (exact) mass is 356 g/mol. The molecule has 2 saturated carbocycles. The van der Waals surface area contributed by atoms with Gasteiger partial charge in [0.15, 0.2) is 0 Å². The van der Waals surface area contributed by atoms with Crippen molar-refractivity contribution in [3.8, 4) is 0 Å². The Balaban J connectivity index is 1.32. The first-order chi connectivity index (χ1) is 12.7. The van der Waals surface area contributed by atoms with E-state index >= 15 is 0 Å². The zero-order valence-corrected chi connectivity index (χ0v) is 15.4. The fourth-order valence-corrected chi connectivity index (χ4v) is 5.01. The number of hydrogen-bond acceptors (Lipinski definition) is 4. The summed E-state index contributed by atoms with van der Waals surface area (Å²) < 4.78 is 0. The molecule has 0 bridgehead atoms. The molecule has 5 rings (SSSR count). The molecule has 4 aliphatic rings. The van der Waals surface area contributed by atoms with Crippen LogP contribution < -0.4 is 5.56 Å². The summed E-state index contributed by atoms with van der Waals surface area (Å²) in [5.41, 5.74) is 1.90. The minimum Gasteiger partial charge on any atom is -0.342 e. The third-order valence-corrected chi connectivity index (χ3v) is 6.77. The van der Waals surface area contributed by atoms with Gasteiger partial charge in [-0.3, -0.25) is 14.5 Å². The zero-order valence-electron chi connectivity index (χ0n) is 15.4. The third kappa shape index (κ3) is 2.98. The molecule has 0 unspecified atom stereocenters. The fraction of sp³-hybridized carbons (Fsp3) is 0.750. The van der Waals surface area contributed by atoms with Crippen LogP contribution >= 0.6 is 0 Å². The van der Waals surface area contributed by atoms with Crippen LogP contribution in [0.15, 0.2) is 4.79 Å². The lowest BCUT2D eigenvalue weighted by Crippen LogP contribution is -2.41. The van der Waals surface area contributed by atoms with Gasteiger partial charge in [0.1, 0.15) is 5.82 Å². The molecule has 1 N–H and O–H groups in total. The lowest BCUT2D eigenvalue weighted by molar-refractivity contribution is -0.131. The molecule has 1 aromatic rings. The Bertz CT molecular complexity index is 764. The van der Waals surface area contributed by atoms with Crippen molar-refractivity contribution in [2.45, 2.75) is 69.9 Å². The van der Waals surface area contributed by atoms with Crippen molar-refractivity contribution in [1.29, 1.82) is 0 Å². The molecule has 6 heteroatoms. The van der Waals surface area contributed by atoms with Crippen LogP contribution in [-0.2, 0) is 17.8 Å². The predicted molar refractivity (Wildman–Crippen MR) is 97.9 cm³/mol. The van der Waals surface area contributed by atoms with Crippen molar-refractivity contribution in [3.05, 3.63) is 27.4 Å². The van der Waals surface area contributed by atoms with Gasteiger partial charge < -0.3 is 9.88 Å². The first-order valence-electron chi connectivity index (χ1n) is 10.3. The Morgan fingerprint density at radius 2 is 1.88 bits per heavy atom. The number of likely N-dealkylation sites (tertiary alicyclic amines) is 1. The second-order valence-corrected chi connectivity index (χ2v) is 8.58. The average Bonchev–Trinajstić information content (AvgIpc) is 3.15. The van der Waals surface area contributed by atoms with E-state index in [9.17, 15) is 9.59 Å². The standard InChI is InChI=1S/C20H28N4O2/c25-19-16-12-23(15-3-1-2-4-15)10-8-17(16)21-18(22-19)14-7-9-24(11-14)20(26)13-5-6-13/h13-15H,1-12H2,(H,21,22,25)/t14-/m0/s1. The van der Waals surface area contributed by atoms with Crippen LogP contribution in [0.4, 0.5) is 0 Å². The normalized spacial score (nSPS) is 27.1. The number of nitrogens with one attached hydrogen (secondary N) is 1. The molecular weight excluding hydrogens is 328 g/mol.